The number of hydrogen-bond donors (Lipinski definition) is 1. The van der Waals surface area contributed by atoms with Crippen molar-refractivity contribution in [3.05, 3.63) is 16.1 Å². The summed E-state index contributed by atoms with van der Waals surface area (Å²) in [6, 6.07) is -0.113. The van der Waals surface area contributed by atoms with Gasteiger partial charge in [0.05, 0.1) is 12.6 Å². The number of nitrogens with zero attached hydrogens (tertiary/aromatic N) is 1. The van der Waals surface area contributed by atoms with Crippen molar-refractivity contribution in [3.8, 4) is 0 Å². The van der Waals surface area contributed by atoms with Crippen molar-refractivity contribution in [1.82, 2.24) is 4.98 Å². The zero-order valence-corrected chi connectivity index (χ0v) is 10.0. The number of ether oxygens (including phenoxy) is 1. The molecule has 0 amide bonds. The average molecular weight is 228 g/mol. The lowest BCUT2D eigenvalue weighted by Gasteiger charge is -2.11. The summed E-state index contributed by atoms with van der Waals surface area (Å²) in [6.07, 6.45) is 0. The third-order valence-electron chi connectivity index (χ3n) is 2.01. The Bertz CT molecular complexity index is 336. The van der Waals surface area contributed by atoms with E-state index in [0.717, 1.165) is 5.01 Å². The van der Waals surface area contributed by atoms with Crippen LogP contribution in [-0.2, 0) is 4.74 Å². The fourth-order valence-electron chi connectivity index (χ4n) is 1.02. The van der Waals surface area contributed by atoms with E-state index < -0.39 is 0 Å². The lowest BCUT2D eigenvalue weighted by atomic mass is 10.1. The normalized spacial score (nSPS) is 12.9. The molecule has 0 spiro atoms. The molecule has 1 aromatic rings. The number of hydrogen-bond acceptors (Lipinski definition) is 5. The smallest absolute Gasteiger partial charge is 0.357 e. The second kappa shape index (κ2) is 5.23. The number of carbonyl (C=O) groups is 1. The standard InChI is InChI=1S/C10H16N2O2S/c1-4-14-10(13)7-5-15-9(12-7)8(11)6(2)3/h5-6,8H,4,11H2,1-3H3/t8-/m1/s1. The first kappa shape index (κ1) is 12.1. The Morgan fingerprint density at radius 2 is 2.33 bits per heavy atom. The van der Waals surface area contributed by atoms with E-state index >= 15 is 0 Å². The van der Waals surface area contributed by atoms with Gasteiger partial charge in [-0.2, -0.15) is 0 Å². The van der Waals surface area contributed by atoms with Crippen LogP contribution in [0, 0.1) is 5.92 Å². The average Bonchev–Trinajstić information content (AvgIpc) is 2.65. The molecule has 0 saturated carbocycles. The van der Waals surface area contributed by atoms with Crippen LogP contribution in [0.1, 0.15) is 42.3 Å². The molecule has 84 valence electrons. The molecule has 0 radical (unpaired) electrons. The molecule has 0 bridgehead atoms. The molecule has 0 aliphatic heterocycles. The van der Waals surface area contributed by atoms with Crippen LogP contribution < -0.4 is 5.73 Å². The van der Waals surface area contributed by atoms with Crippen LogP contribution in [-0.4, -0.2) is 17.6 Å². The van der Waals surface area contributed by atoms with Crippen LogP contribution in [0.15, 0.2) is 5.38 Å². The Labute approximate surface area is 93.5 Å². The van der Waals surface area contributed by atoms with E-state index in [4.69, 9.17) is 10.5 Å². The molecular formula is C10H16N2O2S. The van der Waals surface area contributed by atoms with Crippen molar-refractivity contribution in [3.63, 3.8) is 0 Å². The molecule has 15 heavy (non-hydrogen) atoms. The molecule has 1 heterocycles. The van der Waals surface area contributed by atoms with Crippen molar-refractivity contribution in [1.29, 1.82) is 0 Å². The van der Waals surface area contributed by atoms with Gasteiger partial charge in [0.1, 0.15) is 5.01 Å². The third-order valence-corrected chi connectivity index (χ3v) is 2.96. The van der Waals surface area contributed by atoms with Crippen LogP contribution in [0.4, 0.5) is 0 Å². The minimum absolute atomic E-state index is 0.113. The second-order valence-electron chi connectivity index (χ2n) is 3.56. The largest absolute Gasteiger partial charge is 0.461 e. The predicted octanol–water partition coefficient (Wildman–Crippen LogP) is 1.98. The van der Waals surface area contributed by atoms with E-state index in [0.29, 0.717) is 18.2 Å². The molecule has 0 aromatic carbocycles. The Morgan fingerprint density at radius 1 is 1.67 bits per heavy atom. The van der Waals surface area contributed by atoms with Gasteiger partial charge in [0.2, 0.25) is 0 Å². The molecule has 1 atom stereocenters. The highest BCUT2D eigenvalue weighted by molar-refractivity contribution is 7.09. The van der Waals surface area contributed by atoms with Crippen LogP contribution >= 0.6 is 11.3 Å². The Morgan fingerprint density at radius 3 is 2.87 bits per heavy atom. The predicted molar refractivity (Wildman–Crippen MR) is 59.8 cm³/mol. The summed E-state index contributed by atoms with van der Waals surface area (Å²) in [6.45, 7) is 6.18. The lowest BCUT2D eigenvalue weighted by molar-refractivity contribution is 0.0520. The number of aromatic nitrogens is 1. The summed E-state index contributed by atoms with van der Waals surface area (Å²) < 4.78 is 4.85. The fourth-order valence-corrected chi connectivity index (χ4v) is 1.99. The van der Waals surface area contributed by atoms with Gasteiger partial charge in [0, 0.05) is 5.38 Å². The zero-order chi connectivity index (χ0) is 11.4. The van der Waals surface area contributed by atoms with E-state index in [1.54, 1.807) is 12.3 Å². The van der Waals surface area contributed by atoms with E-state index in [1.807, 2.05) is 13.8 Å². The van der Waals surface area contributed by atoms with Crippen molar-refractivity contribution >= 4 is 17.3 Å². The maximum absolute atomic E-state index is 11.3. The van der Waals surface area contributed by atoms with Crippen LogP contribution in [0.3, 0.4) is 0 Å². The molecule has 0 fully saturated rings. The minimum atomic E-state index is -0.379. The highest BCUT2D eigenvalue weighted by atomic mass is 32.1. The summed E-state index contributed by atoms with van der Waals surface area (Å²) in [4.78, 5) is 15.5. The van der Waals surface area contributed by atoms with Crippen molar-refractivity contribution in [2.75, 3.05) is 6.61 Å². The molecular weight excluding hydrogens is 212 g/mol. The topological polar surface area (TPSA) is 65.2 Å². The summed E-state index contributed by atoms with van der Waals surface area (Å²) in [5, 5.41) is 2.48. The summed E-state index contributed by atoms with van der Waals surface area (Å²) in [7, 11) is 0. The van der Waals surface area contributed by atoms with Gasteiger partial charge < -0.3 is 10.5 Å². The van der Waals surface area contributed by atoms with Gasteiger partial charge in [-0.1, -0.05) is 13.8 Å². The first-order chi connectivity index (χ1) is 7.06. The SMILES string of the molecule is CCOC(=O)c1csc([C@H](N)C(C)C)n1. The molecule has 0 saturated heterocycles. The third kappa shape index (κ3) is 3.00. The maximum Gasteiger partial charge on any atom is 0.357 e. The van der Waals surface area contributed by atoms with E-state index in [1.165, 1.54) is 11.3 Å². The highest BCUT2D eigenvalue weighted by Crippen LogP contribution is 2.22. The lowest BCUT2D eigenvalue weighted by Crippen LogP contribution is -2.16. The van der Waals surface area contributed by atoms with Crippen LogP contribution in [0.25, 0.3) is 0 Å². The Hall–Kier alpha value is -0.940. The fraction of sp³-hybridized carbons (Fsp3) is 0.600. The molecule has 4 nitrogen and oxygen atoms in total. The van der Waals surface area contributed by atoms with Gasteiger partial charge in [-0.3, -0.25) is 0 Å². The quantitative estimate of drug-likeness (QED) is 0.800. The highest BCUT2D eigenvalue weighted by Gasteiger charge is 2.17. The Balaban J connectivity index is 2.76. The van der Waals surface area contributed by atoms with Crippen molar-refractivity contribution in [2.24, 2.45) is 11.7 Å². The van der Waals surface area contributed by atoms with Crippen molar-refractivity contribution in [2.45, 2.75) is 26.8 Å². The summed E-state index contributed by atoms with van der Waals surface area (Å²) >= 11 is 1.40. The van der Waals surface area contributed by atoms with Gasteiger partial charge in [-0.15, -0.1) is 11.3 Å². The molecule has 0 aliphatic carbocycles. The van der Waals surface area contributed by atoms with Gasteiger partial charge >= 0.3 is 5.97 Å². The Kier molecular flexibility index (Phi) is 4.23. The van der Waals surface area contributed by atoms with Gasteiger partial charge in [0.15, 0.2) is 5.69 Å². The van der Waals surface area contributed by atoms with Gasteiger partial charge in [-0.25, -0.2) is 9.78 Å². The van der Waals surface area contributed by atoms with Crippen molar-refractivity contribution < 1.29 is 9.53 Å². The number of carbonyl (C=O) groups excluding carboxylic acids is 1. The summed E-state index contributed by atoms with van der Waals surface area (Å²) in [5.74, 6) is -0.0675. The van der Waals surface area contributed by atoms with Crippen LogP contribution in [0.2, 0.25) is 0 Å². The van der Waals surface area contributed by atoms with Gasteiger partial charge in [0.25, 0.3) is 0 Å². The number of esters is 1. The first-order valence-corrected chi connectivity index (χ1v) is 5.82. The summed E-state index contributed by atoms with van der Waals surface area (Å²) in [5.41, 5.74) is 6.28. The van der Waals surface area contributed by atoms with Gasteiger partial charge in [-0.05, 0) is 12.8 Å². The number of thiazole rings is 1. The zero-order valence-electron chi connectivity index (χ0n) is 9.19. The monoisotopic (exact) mass is 228 g/mol. The van der Waals surface area contributed by atoms with E-state index in [-0.39, 0.29) is 12.0 Å². The molecule has 5 heteroatoms. The molecule has 1 aromatic heterocycles. The molecule has 1 rings (SSSR count). The number of nitrogens with two attached hydrogens (primary N) is 1. The maximum atomic E-state index is 11.3. The molecule has 0 aliphatic rings. The minimum Gasteiger partial charge on any atom is -0.461 e. The second-order valence-corrected chi connectivity index (χ2v) is 4.45. The van der Waals surface area contributed by atoms with E-state index in [2.05, 4.69) is 4.98 Å². The van der Waals surface area contributed by atoms with Crippen LogP contribution in [0.5, 0.6) is 0 Å². The molecule has 2 N–H and O–H groups in total. The van der Waals surface area contributed by atoms with E-state index in [9.17, 15) is 4.79 Å². The number of rotatable bonds is 4. The first-order valence-electron chi connectivity index (χ1n) is 4.94. The molecule has 0 unspecified atom stereocenters.